The molecule has 19 heavy (non-hydrogen) atoms. The lowest BCUT2D eigenvalue weighted by Crippen LogP contribution is -2.29. The third-order valence-electron chi connectivity index (χ3n) is 2.59. The minimum absolute atomic E-state index is 0.531. The fraction of sp³-hybridized carbons (Fsp3) is 0.0714. The SMILES string of the molecule is C=C1/C=c2/cncnc2=NCC2=C(C=C=CN=C2)S1. The van der Waals surface area contributed by atoms with E-state index in [0.717, 1.165) is 20.6 Å². The Labute approximate surface area is 114 Å². The average Bonchev–Trinajstić information content (AvgIpc) is 2.59. The Morgan fingerprint density at radius 1 is 1.37 bits per heavy atom. The number of allylic oxidation sites excluding steroid dienone is 2. The highest BCUT2D eigenvalue weighted by atomic mass is 32.2. The number of thioether (sulfide) groups is 1. The minimum atomic E-state index is 0.531. The molecule has 1 aromatic rings. The molecule has 0 fully saturated rings. The molecule has 1 aromatic heterocycles. The molecule has 0 atom stereocenters. The van der Waals surface area contributed by atoms with Crippen LogP contribution in [0.2, 0.25) is 0 Å². The molecule has 0 aromatic carbocycles. The first-order valence-corrected chi connectivity index (χ1v) is 6.51. The molecule has 2 aliphatic heterocycles. The van der Waals surface area contributed by atoms with Crippen molar-refractivity contribution in [3.05, 3.63) is 63.2 Å². The highest BCUT2D eigenvalue weighted by molar-refractivity contribution is 8.07. The van der Waals surface area contributed by atoms with E-state index in [1.807, 2.05) is 18.4 Å². The van der Waals surface area contributed by atoms with Gasteiger partial charge >= 0.3 is 0 Å². The number of aliphatic imine (C=N–C) groups is 1. The predicted molar refractivity (Wildman–Crippen MR) is 77.0 cm³/mol. The van der Waals surface area contributed by atoms with Gasteiger partial charge in [-0.3, -0.25) is 9.98 Å². The second-order valence-electron chi connectivity index (χ2n) is 3.94. The molecule has 5 heteroatoms. The maximum Gasteiger partial charge on any atom is 0.158 e. The molecule has 0 aliphatic carbocycles. The Balaban J connectivity index is 2.18. The van der Waals surface area contributed by atoms with Crippen LogP contribution in [0.25, 0.3) is 6.08 Å². The van der Waals surface area contributed by atoms with E-state index < -0.39 is 0 Å². The molecule has 0 unspecified atom stereocenters. The molecule has 2 aliphatic rings. The molecule has 0 radical (unpaired) electrons. The van der Waals surface area contributed by atoms with Gasteiger partial charge in [-0.15, -0.1) is 0 Å². The van der Waals surface area contributed by atoms with Crippen molar-refractivity contribution in [3.63, 3.8) is 0 Å². The molecular weight excluding hydrogens is 256 g/mol. The van der Waals surface area contributed by atoms with E-state index in [1.165, 1.54) is 6.33 Å². The first-order chi connectivity index (χ1) is 9.33. The molecule has 0 N–H and O–H groups in total. The van der Waals surface area contributed by atoms with Gasteiger partial charge in [0.25, 0.3) is 0 Å². The summed E-state index contributed by atoms with van der Waals surface area (Å²) in [6, 6.07) is 0. The van der Waals surface area contributed by atoms with Gasteiger partial charge in [-0.2, -0.15) is 0 Å². The number of hydrogen-bond acceptors (Lipinski definition) is 5. The summed E-state index contributed by atoms with van der Waals surface area (Å²) in [6.45, 7) is 4.58. The van der Waals surface area contributed by atoms with Crippen LogP contribution in [-0.4, -0.2) is 22.7 Å². The summed E-state index contributed by atoms with van der Waals surface area (Å²) in [5.41, 5.74) is 4.72. The van der Waals surface area contributed by atoms with E-state index in [9.17, 15) is 0 Å². The average molecular weight is 266 g/mol. The molecule has 4 nitrogen and oxygen atoms in total. The number of rotatable bonds is 0. The van der Waals surface area contributed by atoms with Crippen LogP contribution in [0.1, 0.15) is 0 Å². The minimum Gasteiger partial charge on any atom is -0.261 e. The van der Waals surface area contributed by atoms with Crippen LogP contribution in [0.3, 0.4) is 0 Å². The number of aromatic nitrogens is 2. The lowest BCUT2D eigenvalue weighted by atomic mass is 10.2. The maximum absolute atomic E-state index is 4.52. The fourth-order valence-electron chi connectivity index (χ4n) is 1.73. The molecule has 0 bridgehead atoms. The summed E-state index contributed by atoms with van der Waals surface area (Å²) in [5, 5.41) is 0.883. The van der Waals surface area contributed by atoms with Crippen LogP contribution in [0.5, 0.6) is 0 Å². The van der Waals surface area contributed by atoms with Crippen LogP contribution < -0.4 is 10.7 Å². The van der Waals surface area contributed by atoms with E-state index in [1.54, 1.807) is 24.2 Å². The van der Waals surface area contributed by atoms with Crippen molar-refractivity contribution in [2.75, 3.05) is 6.54 Å². The van der Waals surface area contributed by atoms with Crippen molar-refractivity contribution in [1.29, 1.82) is 0 Å². The summed E-state index contributed by atoms with van der Waals surface area (Å²) in [5.74, 6) is 0. The molecule has 0 saturated heterocycles. The molecule has 0 spiro atoms. The van der Waals surface area contributed by atoms with E-state index in [0.29, 0.717) is 12.0 Å². The molecule has 3 rings (SSSR count). The maximum atomic E-state index is 4.52. The molecular formula is C14H10N4S. The third kappa shape index (κ3) is 2.62. The van der Waals surface area contributed by atoms with Gasteiger partial charge in [0.1, 0.15) is 6.33 Å². The fourth-order valence-corrected chi connectivity index (χ4v) is 2.57. The lowest BCUT2D eigenvalue weighted by Gasteiger charge is -2.04. The van der Waals surface area contributed by atoms with Gasteiger partial charge in [0.2, 0.25) is 0 Å². The van der Waals surface area contributed by atoms with Gasteiger partial charge in [-0.1, -0.05) is 24.1 Å². The second-order valence-corrected chi connectivity index (χ2v) is 5.11. The van der Waals surface area contributed by atoms with Crippen molar-refractivity contribution in [2.24, 2.45) is 9.98 Å². The van der Waals surface area contributed by atoms with Gasteiger partial charge in [0, 0.05) is 33.0 Å². The van der Waals surface area contributed by atoms with Crippen molar-refractivity contribution in [3.8, 4) is 0 Å². The zero-order valence-electron chi connectivity index (χ0n) is 10.1. The van der Waals surface area contributed by atoms with Crippen molar-refractivity contribution in [2.45, 2.75) is 0 Å². The topological polar surface area (TPSA) is 50.5 Å². The van der Waals surface area contributed by atoms with Gasteiger partial charge < -0.3 is 0 Å². The highest BCUT2D eigenvalue weighted by Gasteiger charge is 2.07. The normalized spacial score (nSPS) is 19.2. The highest BCUT2D eigenvalue weighted by Crippen LogP contribution is 2.29. The largest absolute Gasteiger partial charge is 0.261 e. The Morgan fingerprint density at radius 3 is 3.26 bits per heavy atom. The number of fused-ring (bicyclic) bond motifs is 1. The molecule has 3 heterocycles. The van der Waals surface area contributed by atoms with Crippen LogP contribution in [0, 0.1) is 0 Å². The summed E-state index contributed by atoms with van der Waals surface area (Å²) in [6.07, 6.45) is 10.5. The quantitative estimate of drug-likeness (QED) is 0.662. The van der Waals surface area contributed by atoms with Crippen molar-refractivity contribution < 1.29 is 0 Å². The standard InChI is InChI=1S/C14H10N4S/c1-10-5-11-6-16-9-18-14(11)17-8-12-7-15-4-2-3-13(12)19-10/h3-7,9H,1,8H2/b11-5-,17-14?. The van der Waals surface area contributed by atoms with E-state index in [-0.39, 0.29) is 0 Å². The van der Waals surface area contributed by atoms with E-state index >= 15 is 0 Å². The summed E-state index contributed by atoms with van der Waals surface area (Å²) in [7, 11) is 0. The van der Waals surface area contributed by atoms with Gasteiger partial charge in [-0.25, -0.2) is 9.97 Å². The number of hydrogen-bond donors (Lipinski definition) is 0. The smallest absolute Gasteiger partial charge is 0.158 e. The molecule has 0 saturated carbocycles. The first-order valence-electron chi connectivity index (χ1n) is 5.69. The Hall–Kier alpha value is -2.23. The first kappa shape index (κ1) is 11.8. The summed E-state index contributed by atoms with van der Waals surface area (Å²) >= 11 is 1.58. The third-order valence-corrected chi connectivity index (χ3v) is 3.57. The molecule has 0 amide bonds. The van der Waals surface area contributed by atoms with Crippen LogP contribution in [-0.2, 0) is 0 Å². The Morgan fingerprint density at radius 2 is 2.32 bits per heavy atom. The van der Waals surface area contributed by atoms with Gasteiger partial charge in [0.05, 0.1) is 12.7 Å². The predicted octanol–water partition coefficient (Wildman–Crippen LogP) is 1.14. The summed E-state index contributed by atoms with van der Waals surface area (Å²) < 4.78 is 0. The zero-order valence-corrected chi connectivity index (χ0v) is 10.9. The number of nitrogens with zero attached hydrogens (tertiary/aromatic N) is 4. The van der Waals surface area contributed by atoms with Crippen molar-refractivity contribution >= 4 is 24.1 Å². The van der Waals surface area contributed by atoms with Crippen LogP contribution >= 0.6 is 11.8 Å². The second kappa shape index (κ2) is 5.18. The Bertz CT molecular complexity index is 780. The van der Waals surface area contributed by atoms with Crippen LogP contribution in [0.15, 0.2) is 62.5 Å². The van der Waals surface area contributed by atoms with Gasteiger partial charge in [-0.05, 0) is 12.2 Å². The lowest BCUT2D eigenvalue weighted by molar-refractivity contribution is 0.986. The Kier molecular flexibility index (Phi) is 3.23. The zero-order chi connectivity index (χ0) is 13.1. The summed E-state index contributed by atoms with van der Waals surface area (Å²) in [4.78, 5) is 18.9. The van der Waals surface area contributed by atoms with Crippen LogP contribution in [0.4, 0.5) is 0 Å². The van der Waals surface area contributed by atoms with Gasteiger partial charge in [0.15, 0.2) is 5.49 Å². The van der Waals surface area contributed by atoms with Crippen molar-refractivity contribution in [1.82, 2.24) is 9.97 Å². The monoisotopic (exact) mass is 266 g/mol. The van der Waals surface area contributed by atoms with E-state index in [4.69, 9.17) is 0 Å². The van der Waals surface area contributed by atoms with E-state index in [2.05, 4.69) is 32.3 Å². The molecule has 92 valence electrons.